The van der Waals surface area contributed by atoms with Gasteiger partial charge in [-0.25, -0.2) is 10.5 Å². The van der Waals surface area contributed by atoms with E-state index < -0.39 is 11.9 Å². The number of hydroxylamine groups is 1. The second-order valence-electron chi connectivity index (χ2n) is 3.47. The Hall–Kier alpha value is -2.08. The first-order valence-electron chi connectivity index (χ1n) is 5.03. The number of nitrogens with zero attached hydrogens (tertiary/aromatic N) is 1. The van der Waals surface area contributed by atoms with Crippen LogP contribution in [0.1, 0.15) is 5.56 Å². The maximum atomic E-state index is 11.1. The molecule has 0 bridgehead atoms. The molecule has 1 aliphatic heterocycles. The van der Waals surface area contributed by atoms with E-state index in [4.69, 9.17) is 14.7 Å². The van der Waals surface area contributed by atoms with Crippen LogP contribution in [0.5, 0.6) is 5.75 Å². The first kappa shape index (κ1) is 11.4. The van der Waals surface area contributed by atoms with E-state index in [1.165, 1.54) is 0 Å². The zero-order valence-electron chi connectivity index (χ0n) is 9.21. The van der Waals surface area contributed by atoms with Gasteiger partial charge in [0.2, 0.25) is 5.90 Å². The summed E-state index contributed by atoms with van der Waals surface area (Å²) in [6.07, 6.45) is 0. The lowest BCUT2D eigenvalue weighted by Crippen LogP contribution is -2.31. The zero-order chi connectivity index (χ0) is 12.3. The van der Waals surface area contributed by atoms with Crippen LogP contribution in [-0.2, 0) is 9.53 Å². The van der Waals surface area contributed by atoms with Gasteiger partial charge in [-0.3, -0.25) is 10.0 Å². The van der Waals surface area contributed by atoms with Gasteiger partial charge in [-0.05, 0) is 18.2 Å². The van der Waals surface area contributed by atoms with Crippen LogP contribution in [0.3, 0.4) is 0 Å². The first-order valence-corrected chi connectivity index (χ1v) is 5.03. The Morgan fingerprint density at radius 3 is 3.18 bits per heavy atom. The molecule has 17 heavy (non-hydrogen) atoms. The van der Waals surface area contributed by atoms with Crippen molar-refractivity contribution in [3.63, 3.8) is 0 Å². The molecule has 0 unspecified atom stereocenters. The van der Waals surface area contributed by atoms with Crippen molar-refractivity contribution in [2.24, 2.45) is 4.99 Å². The molecule has 0 aliphatic carbocycles. The van der Waals surface area contributed by atoms with Crippen LogP contribution in [0, 0.1) is 0 Å². The number of methoxy groups -OCH3 is 1. The van der Waals surface area contributed by atoms with Gasteiger partial charge >= 0.3 is 0 Å². The third kappa shape index (κ3) is 2.36. The maximum Gasteiger partial charge on any atom is 0.271 e. The lowest BCUT2D eigenvalue weighted by molar-refractivity contribution is -0.130. The molecule has 1 aliphatic rings. The molecular formula is C11H12N2O4. The van der Waals surface area contributed by atoms with Crippen LogP contribution in [0.2, 0.25) is 0 Å². The number of rotatable bonds is 3. The number of carbonyl (C=O) groups excluding carboxylic acids is 1. The predicted molar refractivity (Wildman–Crippen MR) is 59.2 cm³/mol. The summed E-state index contributed by atoms with van der Waals surface area (Å²) >= 11 is 0. The molecule has 6 heteroatoms. The standard InChI is InChI=1S/C11H12N2O4/c1-16-8-4-2-3-7(5-8)11-12-9(6-17-11)10(14)13-15/h2-5,9,15H,6H2,1H3,(H,13,14)/t9-/m1/s1. The minimum absolute atomic E-state index is 0.124. The molecule has 1 atom stereocenters. The summed E-state index contributed by atoms with van der Waals surface area (Å²) in [6.45, 7) is 0.124. The SMILES string of the molecule is COc1cccc(C2=N[C@@H](C(=O)NO)CO2)c1. The number of hydrogen-bond acceptors (Lipinski definition) is 5. The van der Waals surface area contributed by atoms with Crippen molar-refractivity contribution in [1.29, 1.82) is 0 Å². The molecule has 0 fully saturated rings. The van der Waals surface area contributed by atoms with Gasteiger partial charge < -0.3 is 9.47 Å². The van der Waals surface area contributed by atoms with Crippen molar-refractivity contribution >= 4 is 11.8 Å². The molecule has 1 aromatic carbocycles. The fraction of sp³-hybridized carbons (Fsp3) is 0.273. The van der Waals surface area contributed by atoms with E-state index in [1.807, 2.05) is 0 Å². The van der Waals surface area contributed by atoms with Crippen LogP contribution in [0.25, 0.3) is 0 Å². The molecule has 0 saturated heterocycles. The summed E-state index contributed by atoms with van der Waals surface area (Å²) in [6, 6.07) is 6.47. The molecule has 90 valence electrons. The van der Waals surface area contributed by atoms with Crippen LogP contribution in [-0.4, -0.2) is 36.8 Å². The zero-order valence-corrected chi connectivity index (χ0v) is 9.21. The van der Waals surface area contributed by atoms with Gasteiger partial charge in [-0.15, -0.1) is 0 Å². The van der Waals surface area contributed by atoms with E-state index in [0.717, 1.165) is 5.56 Å². The van der Waals surface area contributed by atoms with Crippen molar-refractivity contribution in [1.82, 2.24) is 5.48 Å². The second kappa shape index (κ2) is 4.84. The van der Waals surface area contributed by atoms with E-state index in [2.05, 4.69) is 4.99 Å². The summed E-state index contributed by atoms with van der Waals surface area (Å²) in [5.41, 5.74) is 2.28. The van der Waals surface area contributed by atoms with E-state index in [1.54, 1.807) is 36.9 Å². The Balaban J connectivity index is 2.20. The van der Waals surface area contributed by atoms with Crippen molar-refractivity contribution in [3.05, 3.63) is 29.8 Å². The van der Waals surface area contributed by atoms with Gasteiger partial charge in [0.05, 0.1) is 7.11 Å². The molecule has 0 saturated carbocycles. The second-order valence-corrected chi connectivity index (χ2v) is 3.47. The molecule has 1 heterocycles. The van der Waals surface area contributed by atoms with E-state index in [0.29, 0.717) is 11.6 Å². The highest BCUT2D eigenvalue weighted by molar-refractivity contribution is 5.98. The van der Waals surface area contributed by atoms with Crippen LogP contribution in [0.4, 0.5) is 0 Å². The van der Waals surface area contributed by atoms with Gasteiger partial charge in [-0.1, -0.05) is 6.07 Å². The Labute approximate surface area is 97.8 Å². The topological polar surface area (TPSA) is 80.2 Å². The molecular weight excluding hydrogens is 224 g/mol. The highest BCUT2D eigenvalue weighted by Gasteiger charge is 2.26. The molecule has 2 N–H and O–H groups in total. The fourth-order valence-corrected chi connectivity index (χ4v) is 1.50. The monoisotopic (exact) mass is 236 g/mol. The number of carbonyl (C=O) groups is 1. The normalized spacial score (nSPS) is 18.2. The van der Waals surface area contributed by atoms with Crippen molar-refractivity contribution < 1.29 is 19.5 Å². The Morgan fingerprint density at radius 2 is 2.47 bits per heavy atom. The number of aliphatic imine (C=N–C) groups is 1. The van der Waals surface area contributed by atoms with Gasteiger partial charge in [0.25, 0.3) is 5.91 Å². The number of hydrogen-bond donors (Lipinski definition) is 2. The fourth-order valence-electron chi connectivity index (χ4n) is 1.50. The lowest BCUT2D eigenvalue weighted by Gasteiger charge is -2.03. The number of nitrogens with one attached hydrogen (secondary N) is 1. The van der Waals surface area contributed by atoms with Crippen molar-refractivity contribution in [2.45, 2.75) is 6.04 Å². The van der Waals surface area contributed by atoms with Gasteiger partial charge in [0.1, 0.15) is 12.4 Å². The summed E-state index contributed by atoms with van der Waals surface area (Å²) in [7, 11) is 1.57. The summed E-state index contributed by atoms with van der Waals surface area (Å²) in [5.74, 6) is 0.476. The molecule has 0 aromatic heterocycles. The third-order valence-electron chi connectivity index (χ3n) is 2.38. The molecule has 6 nitrogen and oxygen atoms in total. The summed E-state index contributed by atoms with van der Waals surface area (Å²) in [4.78, 5) is 15.2. The van der Waals surface area contributed by atoms with Crippen molar-refractivity contribution in [3.8, 4) is 5.75 Å². The van der Waals surface area contributed by atoms with Crippen LogP contribution < -0.4 is 10.2 Å². The van der Waals surface area contributed by atoms with E-state index in [9.17, 15) is 4.79 Å². The van der Waals surface area contributed by atoms with Crippen LogP contribution >= 0.6 is 0 Å². The average Bonchev–Trinajstić information content (AvgIpc) is 2.87. The van der Waals surface area contributed by atoms with Crippen molar-refractivity contribution in [2.75, 3.05) is 13.7 Å². The Morgan fingerprint density at radius 1 is 1.65 bits per heavy atom. The summed E-state index contributed by atoms with van der Waals surface area (Å²) in [5, 5.41) is 8.49. The lowest BCUT2D eigenvalue weighted by atomic mass is 10.2. The summed E-state index contributed by atoms with van der Waals surface area (Å²) < 4.78 is 10.4. The predicted octanol–water partition coefficient (Wildman–Crippen LogP) is 0.346. The maximum absolute atomic E-state index is 11.1. The van der Waals surface area contributed by atoms with Gasteiger partial charge in [-0.2, -0.15) is 0 Å². The number of ether oxygens (including phenoxy) is 2. The number of amides is 1. The average molecular weight is 236 g/mol. The minimum Gasteiger partial charge on any atom is -0.497 e. The first-order chi connectivity index (χ1) is 8.24. The number of benzene rings is 1. The molecule has 0 radical (unpaired) electrons. The highest BCUT2D eigenvalue weighted by atomic mass is 16.5. The molecule has 1 aromatic rings. The van der Waals surface area contributed by atoms with E-state index in [-0.39, 0.29) is 6.61 Å². The molecule has 1 amide bonds. The minimum atomic E-state index is -0.707. The molecule has 0 spiro atoms. The quantitative estimate of drug-likeness (QED) is 0.586. The third-order valence-corrected chi connectivity index (χ3v) is 2.38. The Bertz CT molecular complexity index is 459. The van der Waals surface area contributed by atoms with Crippen LogP contribution in [0.15, 0.2) is 29.3 Å². The molecule has 2 rings (SSSR count). The largest absolute Gasteiger partial charge is 0.497 e. The Kier molecular flexibility index (Phi) is 3.24. The van der Waals surface area contributed by atoms with Gasteiger partial charge in [0.15, 0.2) is 6.04 Å². The van der Waals surface area contributed by atoms with E-state index >= 15 is 0 Å². The highest BCUT2D eigenvalue weighted by Crippen LogP contribution is 2.17. The smallest absolute Gasteiger partial charge is 0.271 e. The van der Waals surface area contributed by atoms with Gasteiger partial charge in [0, 0.05) is 5.56 Å².